The van der Waals surface area contributed by atoms with Crippen molar-refractivity contribution in [3.05, 3.63) is 170 Å². The Labute approximate surface area is 357 Å². The topological polar surface area (TPSA) is 0 Å². The van der Waals surface area contributed by atoms with E-state index in [1.807, 2.05) is 0 Å². The molecule has 0 amide bonds. The molecule has 6 aromatic rings. The summed E-state index contributed by atoms with van der Waals surface area (Å²) in [5.41, 5.74) is 23.9. The van der Waals surface area contributed by atoms with E-state index in [1.54, 1.807) is 0 Å². The van der Waals surface area contributed by atoms with Gasteiger partial charge in [0.15, 0.2) is 0 Å². The molecule has 6 aromatic carbocycles. The fourth-order valence-electron chi connectivity index (χ4n) is 11.7. The monoisotopic (exact) mass is 891 g/mol. The fraction of sp³-hybridized carbons (Fsp3) is 0.259. The molecular formula is C54H55Cl2SiZr. The van der Waals surface area contributed by atoms with Gasteiger partial charge in [-0.3, -0.25) is 0 Å². The number of hydrogen-bond acceptors (Lipinski definition) is 0. The number of benzene rings is 6. The molecule has 0 saturated carbocycles. The van der Waals surface area contributed by atoms with E-state index in [2.05, 4.69) is 171 Å². The van der Waals surface area contributed by atoms with Gasteiger partial charge in [0.05, 0.1) is 0 Å². The third-order valence-corrected chi connectivity index (χ3v) is 36.7. The third kappa shape index (κ3) is 6.22. The van der Waals surface area contributed by atoms with E-state index in [0.29, 0.717) is 0 Å². The Morgan fingerprint density at radius 3 is 1.48 bits per heavy atom. The summed E-state index contributed by atoms with van der Waals surface area (Å²) in [6.45, 7) is 18.1. The molecular weight excluding hydrogens is 839 g/mol. The van der Waals surface area contributed by atoms with Crippen molar-refractivity contribution in [1.29, 1.82) is 0 Å². The summed E-state index contributed by atoms with van der Waals surface area (Å²) in [4.78, 5) is 0. The maximum absolute atomic E-state index is 9.22. The van der Waals surface area contributed by atoms with Gasteiger partial charge in [-0.25, -0.2) is 0 Å². The molecule has 9 rings (SSSR count). The number of fused-ring (bicyclic) bond motifs is 5. The third-order valence-electron chi connectivity index (χ3n) is 13.5. The first kappa shape index (κ1) is 39.9. The second kappa shape index (κ2) is 14.9. The van der Waals surface area contributed by atoms with Crippen molar-refractivity contribution in [2.75, 3.05) is 0 Å². The van der Waals surface area contributed by atoms with E-state index >= 15 is 0 Å². The molecule has 0 saturated heterocycles. The predicted octanol–water partition coefficient (Wildman–Crippen LogP) is 13.2. The van der Waals surface area contributed by atoms with Crippen LogP contribution in [0, 0.1) is 27.7 Å². The van der Waals surface area contributed by atoms with Crippen LogP contribution in [0.4, 0.5) is 0 Å². The van der Waals surface area contributed by atoms with Crippen LogP contribution in [0.3, 0.4) is 0 Å². The van der Waals surface area contributed by atoms with Gasteiger partial charge in [0.25, 0.3) is 0 Å². The molecule has 2 atom stereocenters. The van der Waals surface area contributed by atoms with E-state index in [0.717, 1.165) is 25.7 Å². The standard InChI is InChI=1S/2C21H23.C12H9Si.2ClH.Zr/c2*1-5-6-17-7-8-18-10-16(4)13-20(18)21(17)19-11-14(2)9-15(3)12-19;1-3-7-11-9(5-1)10-6-2-4-8-12(10)13-11;;;/h2*7-13H,5-6H2,1-4H3;1-7H,13H2;2*1H;/q;;;;;+2/p-2. The van der Waals surface area contributed by atoms with Gasteiger partial charge in [-0.05, 0) is 0 Å². The van der Waals surface area contributed by atoms with Crippen molar-refractivity contribution < 1.29 is 16.4 Å². The summed E-state index contributed by atoms with van der Waals surface area (Å²) in [5, 5.41) is 2.97. The SMILES string of the molecule is CCCc1ccc2c(c1-c1cc(C)cc(C)c1)C=C(C)[CH]2[Zr]([Cl])([Cl])([c]1cccc2c1[SiH2]c1ccccc1-2)[CH]1C(C)=Cc2c1ccc(CCC)c2-c1cc(C)cc(C)c1. The second-order valence-electron chi connectivity index (χ2n) is 17.9. The molecule has 293 valence electrons. The van der Waals surface area contributed by atoms with Crippen LogP contribution in [0.1, 0.15) is 103 Å². The molecule has 0 fully saturated rings. The number of rotatable bonds is 9. The van der Waals surface area contributed by atoms with Crippen LogP contribution in [-0.4, -0.2) is 9.52 Å². The summed E-state index contributed by atoms with van der Waals surface area (Å²) in [6, 6.07) is 39.8. The Kier molecular flexibility index (Phi) is 10.2. The first-order valence-corrected chi connectivity index (χ1v) is 33.3. The van der Waals surface area contributed by atoms with Gasteiger partial charge in [-0.1, -0.05) is 0 Å². The summed E-state index contributed by atoms with van der Waals surface area (Å²) in [5.74, 6) is 0. The van der Waals surface area contributed by atoms with Crippen molar-refractivity contribution in [1.82, 2.24) is 0 Å². The van der Waals surface area contributed by atoms with E-state index in [9.17, 15) is 17.0 Å². The van der Waals surface area contributed by atoms with Crippen LogP contribution in [0.5, 0.6) is 0 Å². The zero-order chi connectivity index (χ0) is 40.7. The molecule has 0 spiro atoms. The van der Waals surface area contributed by atoms with Crippen molar-refractivity contribution in [2.45, 2.75) is 88.3 Å². The van der Waals surface area contributed by atoms with Crippen molar-refractivity contribution in [3.63, 3.8) is 0 Å². The van der Waals surface area contributed by atoms with Crippen molar-refractivity contribution in [3.8, 4) is 33.4 Å². The summed E-state index contributed by atoms with van der Waals surface area (Å²) in [7, 11) is 17.6. The van der Waals surface area contributed by atoms with Gasteiger partial charge in [0.2, 0.25) is 0 Å². The van der Waals surface area contributed by atoms with Crippen LogP contribution < -0.4 is 13.6 Å². The van der Waals surface area contributed by atoms with Crippen molar-refractivity contribution >= 4 is 52.3 Å². The molecule has 2 aliphatic carbocycles. The number of allylic oxidation sites excluding steroid dienone is 2. The molecule has 0 radical (unpaired) electrons. The van der Waals surface area contributed by atoms with Crippen LogP contribution in [0.2, 0.25) is 0 Å². The Balaban J connectivity index is 1.36. The number of halogens is 2. The van der Waals surface area contributed by atoms with Crippen LogP contribution in [0.15, 0.2) is 114 Å². The summed E-state index contributed by atoms with van der Waals surface area (Å²) in [6.07, 6.45) is 9.20. The van der Waals surface area contributed by atoms with Crippen LogP contribution >= 0.6 is 17.0 Å². The van der Waals surface area contributed by atoms with Gasteiger partial charge < -0.3 is 0 Å². The molecule has 0 nitrogen and oxygen atoms in total. The fourth-order valence-corrected chi connectivity index (χ4v) is 40.4. The second-order valence-corrected chi connectivity index (χ2v) is 40.3. The Morgan fingerprint density at radius 1 is 0.534 bits per heavy atom. The molecule has 2 unspecified atom stereocenters. The number of hydrogen-bond donors (Lipinski definition) is 0. The van der Waals surface area contributed by atoms with Crippen LogP contribution in [0.25, 0.3) is 45.5 Å². The molecule has 3 aliphatic rings. The molecule has 1 aliphatic heterocycles. The van der Waals surface area contributed by atoms with Gasteiger partial charge in [0.1, 0.15) is 0 Å². The van der Waals surface area contributed by atoms with Gasteiger partial charge >= 0.3 is 360 Å². The predicted molar refractivity (Wildman–Crippen MR) is 255 cm³/mol. The zero-order valence-corrected chi connectivity index (χ0v) is 40.8. The first-order valence-electron chi connectivity index (χ1n) is 21.4. The molecule has 58 heavy (non-hydrogen) atoms. The van der Waals surface area contributed by atoms with Gasteiger partial charge in [-0.15, -0.1) is 0 Å². The van der Waals surface area contributed by atoms with E-state index in [1.165, 1.54) is 114 Å². The number of aryl methyl sites for hydroxylation is 6. The average Bonchev–Trinajstić information content (AvgIpc) is 3.84. The van der Waals surface area contributed by atoms with Crippen molar-refractivity contribution in [2.24, 2.45) is 0 Å². The van der Waals surface area contributed by atoms with Gasteiger partial charge in [-0.2, -0.15) is 0 Å². The van der Waals surface area contributed by atoms with E-state index < -0.39 is 25.9 Å². The average molecular weight is 894 g/mol. The Morgan fingerprint density at radius 2 is 1.00 bits per heavy atom. The van der Waals surface area contributed by atoms with E-state index in [-0.39, 0.29) is 7.25 Å². The molecule has 0 bridgehead atoms. The zero-order valence-electron chi connectivity index (χ0n) is 35.4. The maximum atomic E-state index is 9.22. The minimum absolute atomic E-state index is 0.0939. The summed E-state index contributed by atoms with van der Waals surface area (Å²) >= 11 is -5.55. The molecule has 0 N–H and O–H groups in total. The van der Waals surface area contributed by atoms with Crippen LogP contribution in [-0.2, 0) is 29.2 Å². The first-order chi connectivity index (χ1) is 27.8. The normalized spacial score (nSPS) is 17.7. The Hall–Kier alpha value is -3.52. The Bertz CT molecular complexity index is 2570. The minimum atomic E-state index is -5.55. The summed E-state index contributed by atoms with van der Waals surface area (Å²) < 4.78 is 1.10. The van der Waals surface area contributed by atoms with E-state index in [4.69, 9.17) is 0 Å². The molecule has 4 heteroatoms. The molecule has 1 heterocycles. The van der Waals surface area contributed by atoms with Gasteiger partial charge in [0, 0.05) is 0 Å². The molecule has 0 aromatic heterocycles. The quantitative estimate of drug-likeness (QED) is 0.127.